The molecule has 1 aliphatic heterocycles. The van der Waals surface area contributed by atoms with Crippen molar-refractivity contribution >= 4 is 11.7 Å². The van der Waals surface area contributed by atoms with E-state index in [1.807, 2.05) is 20.8 Å². The van der Waals surface area contributed by atoms with E-state index in [9.17, 15) is 14.7 Å². The van der Waals surface area contributed by atoms with E-state index in [1.54, 1.807) is 6.92 Å². The lowest BCUT2D eigenvalue weighted by Gasteiger charge is -2.14. The van der Waals surface area contributed by atoms with Crippen LogP contribution in [0.5, 0.6) is 0 Å². The Bertz CT molecular complexity index is 360. The number of allylic oxidation sites excluding steroid dienone is 1. The zero-order valence-electron chi connectivity index (χ0n) is 10.9. The van der Waals surface area contributed by atoms with Gasteiger partial charge < -0.3 is 10.4 Å². The van der Waals surface area contributed by atoms with Gasteiger partial charge >= 0.3 is 0 Å². The molecule has 0 bridgehead atoms. The van der Waals surface area contributed by atoms with Crippen molar-refractivity contribution in [2.24, 2.45) is 11.8 Å². The summed E-state index contributed by atoms with van der Waals surface area (Å²) in [7, 11) is 0. The molecule has 1 unspecified atom stereocenters. The third-order valence-electron chi connectivity index (χ3n) is 3.59. The fourth-order valence-electron chi connectivity index (χ4n) is 1.87. The minimum Gasteiger partial charge on any atom is -0.511 e. The van der Waals surface area contributed by atoms with Crippen molar-refractivity contribution in [1.82, 2.24) is 5.32 Å². The summed E-state index contributed by atoms with van der Waals surface area (Å²) in [6.45, 7) is 7.61. The van der Waals surface area contributed by atoms with Crippen LogP contribution < -0.4 is 5.32 Å². The van der Waals surface area contributed by atoms with E-state index < -0.39 is 11.9 Å². The maximum Gasteiger partial charge on any atom is 0.259 e. The minimum atomic E-state index is -0.478. The van der Waals surface area contributed by atoms with Crippen molar-refractivity contribution in [3.8, 4) is 0 Å². The smallest absolute Gasteiger partial charge is 0.259 e. The molecular weight excluding hydrogens is 218 g/mol. The van der Waals surface area contributed by atoms with E-state index in [4.69, 9.17) is 0 Å². The fourth-order valence-corrected chi connectivity index (χ4v) is 1.87. The Balaban J connectivity index is 3.04. The number of rotatable bonds is 4. The summed E-state index contributed by atoms with van der Waals surface area (Å²) in [5, 5.41) is 12.6. The number of aliphatic hydroxyl groups is 1. The maximum absolute atomic E-state index is 12.1. The van der Waals surface area contributed by atoms with Crippen LogP contribution in [-0.2, 0) is 9.59 Å². The largest absolute Gasteiger partial charge is 0.511 e. The Morgan fingerprint density at radius 3 is 2.35 bits per heavy atom. The molecule has 1 saturated heterocycles. The van der Waals surface area contributed by atoms with Crippen LogP contribution in [0.25, 0.3) is 0 Å². The van der Waals surface area contributed by atoms with E-state index in [0.29, 0.717) is 6.42 Å². The van der Waals surface area contributed by atoms with Gasteiger partial charge in [-0.3, -0.25) is 9.59 Å². The third kappa shape index (κ3) is 2.51. The van der Waals surface area contributed by atoms with E-state index in [1.165, 1.54) is 0 Å². The summed E-state index contributed by atoms with van der Waals surface area (Å²) < 4.78 is 0. The Morgan fingerprint density at radius 2 is 1.88 bits per heavy atom. The summed E-state index contributed by atoms with van der Waals surface area (Å²) in [5.74, 6) is -0.829. The number of hydrogen-bond donors (Lipinski definition) is 2. The third-order valence-corrected chi connectivity index (χ3v) is 3.59. The highest BCUT2D eigenvalue weighted by Gasteiger charge is 2.41. The molecule has 1 fully saturated rings. The van der Waals surface area contributed by atoms with Crippen molar-refractivity contribution in [3.63, 3.8) is 0 Å². The number of carbonyl (C=O) groups is 2. The molecule has 0 spiro atoms. The van der Waals surface area contributed by atoms with Crippen LogP contribution in [0.3, 0.4) is 0 Å². The van der Waals surface area contributed by atoms with E-state index >= 15 is 0 Å². The van der Waals surface area contributed by atoms with Crippen LogP contribution >= 0.6 is 0 Å². The second kappa shape index (κ2) is 5.34. The highest BCUT2D eigenvalue weighted by atomic mass is 16.3. The molecular formula is C13H21NO3. The standard InChI is InChI=1S/C13H21NO3/c1-5-7(3)10-12(16)9(13(17)14-10)11(15)8(4)6-2/h7-8,10,15H,5-6H2,1-4H3,(H,14,17)/b11-9-/t7-,8?,10-/m0/s1. The topological polar surface area (TPSA) is 66.4 Å². The van der Waals surface area contributed by atoms with Gasteiger partial charge in [-0.05, 0) is 12.3 Å². The van der Waals surface area contributed by atoms with E-state index in [0.717, 1.165) is 6.42 Å². The molecule has 0 radical (unpaired) electrons. The van der Waals surface area contributed by atoms with E-state index in [-0.39, 0.29) is 29.0 Å². The number of carbonyl (C=O) groups excluding carboxylic acids is 2. The van der Waals surface area contributed by atoms with Gasteiger partial charge in [0, 0.05) is 5.92 Å². The summed E-state index contributed by atoms with van der Waals surface area (Å²) in [4.78, 5) is 23.8. The molecule has 17 heavy (non-hydrogen) atoms. The molecule has 1 aliphatic rings. The first-order chi connectivity index (χ1) is 7.93. The predicted molar refractivity (Wildman–Crippen MR) is 65.5 cm³/mol. The van der Waals surface area contributed by atoms with Gasteiger partial charge in [-0.15, -0.1) is 0 Å². The number of hydrogen-bond acceptors (Lipinski definition) is 3. The second-order valence-corrected chi connectivity index (χ2v) is 4.77. The van der Waals surface area contributed by atoms with Crippen LogP contribution in [0.4, 0.5) is 0 Å². The first-order valence-electron chi connectivity index (χ1n) is 6.22. The van der Waals surface area contributed by atoms with Crippen LogP contribution in [0, 0.1) is 11.8 Å². The normalized spacial score (nSPS) is 26.7. The summed E-state index contributed by atoms with van der Waals surface area (Å²) >= 11 is 0. The van der Waals surface area contributed by atoms with Gasteiger partial charge in [-0.1, -0.05) is 34.1 Å². The lowest BCUT2D eigenvalue weighted by Crippen LogP contribution is -2.35. The van der Waals surface area contributed by atoms with E-state index in [2.05, 4.69) is 5.32 Å². The zero-order valence-corrected chi connectivity index (χ0v) is 10.9. The number of ketones is 1. The molecule has 0 saturated carbocycles. The van der Waals surface area contributed by atoms with Gasteiger partial charge in [0.25, 0.3) is 5.91 Å². The van der Waals surface area contributed by atoms with Crippen LogP contribution in [0.2, 0.25) is 0 Å². The lowest BCUT2D eigenvalue weighted by molar-refractivity contribution is -0.117. The first kappa shape index (κ1) is 13.7. The molecule has 0 aliphatic carbocycles. The molecule has 2 N–H and O–H groups in total. The molecule has 4 nitrogen and oxygen atoms in total. The summed E-state index contributed by atoms with van der Waals surface area (Å²) in [6.07, 6.45) is 1.51. The van der Waals surface area contributed by atoms with Crippen molar-refractivity contribution in [2.45, 2.75) is 46.6 Å². The first-order valence-corrected chi connectivity index (χ1v) is 6.22. The molecule has 3 atom stereocenters. The van der Waals surface area contributed by atoms with Crippen molar-refractivity contribution in [1.29, 1.82) is 0 Å². The minimum absolute atomic E-state index is 0.0374. The average Bonchev–Trinajstić information content (AvgIpc) is 2.62. The molecule has 0 aromatic heterocycles. The molecule has 1 heterocycles. The van der Waals surface area contributed by atoms with Gasteiger partial charge in [0.1, 0.15) is 11.3 Å². The fraction of sp³-hybridized carbons (Fsp3) is 0.692. The van der Waals surface area contributed by atoms with Crippen molar-refractivity contribution in [2.75, 3.05) is 0 Å². The lowest BCUT2D eigenvalue weighted by atomic mass is 9.93. The van der Waals surface area contributed by atoms with Gasteiger partial charge in [0.05, 0.1) is 6.04 Å². The number of Topliss-reactive ketones (excluding diaryl/α,β-unsaturated/α-hetero) is 1. The summed E-state index contributed by atoms with van der Waals surface area (Å²) in [5.41, 5.74) is -0.0374. The molecule has 0 aromatic carbocycles. The molecule has 1 amide bonds. The zero-order chi connectivity index (χ0) is 13.2. The highest BCUT2D eigenvalue weighted by molar-refractivity contribution is 6.27. The van der Waals surface area contributed by atoms with Gasteiger partial charge in [0.15, 0.2) is 5.78 Å². The molecule has 1 rings (SSSR count). The van der Waals surface area contributed by atoms with Crippen LogP contribution in [0.15, 0.2) is 11.3 Å². The SMILES string of the molecule is CCC(C)/C(O)=C1/C(=O)N[C@@H]([C@@H](C)CC)C1=O. The Hall–Kier alpha value is -1.32. The average molecular weight is 239 g/mol. The monoisotopic (exact) mass is 239 g/mol. The molecule has 4 heteroatoms. The Kier molecular flexibility index (Phi) is 4.32. The summed E-state index contributed by atoms with van der Waals surface area (Å²) in [6, 6.07) is -0.478. The van der Waals surface area contributed by atoms with Gasteiger partial charge in [0.2, 0.25) is 0 Å². The van der Waals surface area contributed by atoms with Gasteiger partial charge in [-0.2, -0.15) is 0 Å². The van der Waals surface area contributed by atoms with Crippen LogP contribution in [-0.4, -0.2) is 22.8 Å². The second-order valence-electron chi connectivity index (χ2n) is 4.77. The maximum atomic E-state index is 12.1. The van der Waals surface area contributed by atoms with Crippen molar-refractivity contribution in [3.05, 3.63) is 11.3 Å². The molecule has 0 aromatic rings. The van der Waals surface area contributed by atoms with Crippen LogP contribution in [0.1, 0.15) is 40.5 Å². The quantitative estimate of drug-likeness (QED) is 0.447. The number of nitrogens with one attached hydrogen (secondary N) is 1. The number of aliphatic hydroxyl groups excluding tert-OH is 1. The van der Waals surface area contributed by atoms with Gasteiger partial charge in [-0.25, -0.2) is 0 Å². The Morgan fingerprint density at radius 1 is 1.29 bits per heavy atom. The number of amides is 1. The highest BCUT2D eigenvalue weighted by Crippen LogP contribution is 2.24. The predicted octanol–water partition coefficient (Wildman–Crippen LogP) is 1.96. The molecule has 96 valence electrons. The van der Waals surface area contributed by atoms with Crippen molar-refractivity contribution < 1.29 is 14.7 Å². The Labute approximate surface area is 102 Å².